The summed E-state index contributed by atoms with van der Waals surface area (Å²) in [5.41, 5.74) is 3.15. The van der Waals surface area contributed by atoms with Crippen molar-refractivity contribution in [3.8, 4) is 11.4 Å². The summed E-state index contributed by atoms with van der Waals surface area (Å²) in [7, 11) is 3.93. The zero-order valence-corrected chi connectivity index (χ0v) is 16.9. The average Bonchev–Trinajstić information content (AvgIpc) is 3.19. The molecule has 0 spiro atoms. The summed E-state index contributed by atoms with van der Waals surface area (Å²) in [4.78, 5) is 18.4. The quantitative estimate of drug-likeness (QED) is 0.536. The molecule has 0 unspecified atom stereocenters. The number of hydrogen-bond acceptors (Lipinski definition) is 5. The van der Waals surface area contributed by atoms with Crippen molar-refractivity contribution in [2.45, 2.75) is 0 Å². The van der Waals surface area contributed by atoms with Gasteiger partial charge in [0.05, 0.1) is 0 Å². The zero-order chi connectivity index (χ0) is 21.1. The van der Waals surface area contributed by atoms with E-state index in [0.717, 1.165) is 11.0 Å². The van der Waals surface area contributed by atoms with Crippen LogP contribution in [0.1, 0.15) is 10.4 Å². The Hall–Kier alpha value is -3.71. The van der Waals surface area contributed by atoms with Crippen molar-refractivity contribution in [3.63, 3.8) is 0 Å². The molecular weight excluding hydrogens is 378 g/mol. The molecule has 1 heterocycles. The normalized spacial score (nSPS) is 11.2. The lowest BCUT2D eigenvalue weighted by molar-refractivity contribution is 0.0985. The number of hydrogen-bond donors (Lipinski definition) is 1. The van der Waals surface area contributed by atoms with Crippen molar-refractivity contribution < 1.29 is 9.90 Å². The lowest BCUT2D eigenvalue weighted by Crippen LogP contribution is -2.36. The van der Waals surface area contributed by atoms with Gasteiger partial charge >= 0.3 is 0 Å². The largest absolute Gasteiger partial charge is 0.506 e. The van der Waals surface area contributed by atoms with Crippen LogP contribution in [0.5, 0.6) is 5.75 Å². The van der Waals surface area contributed by atoms with E-state index >= 15 is 0 Å². The van der Waals surface area contributed by atoms with Gasteiger partial charge in [0.2, 0.25) is 0 Å². The van der Waals surface area contributed by atoms with Gasteiger partial charge in [0.1, 0.15) is 22.5 Å². The van der Waals surface area contributed by atoms with Gasteiger partial charge in [-0.1, -0.05) is 30.3 Å². The van der Waals surface area contributed by atoms with Gasteiger partial charge in [0, 0.05) is 24.3 Å². The Labute approximate surface area is 174 Å². The van der Waals surface area contributed by atoms with Crippen LogP contribution in [0.15, 0.2) is 72.8 Å². The van der Waals surface area contributed by atoms with Crippen molar-refractivity contribution in [2.24, 2.45) is 0 Å². The van der Waals surface area contributed by atoms with Crippen molar-refractivity contribution in [2.75, 3.05) is 32.1 Å². The predicted molar refractivity (Wildman–Crippen MR) is 117 cm³/mol. The molecule has 4 rings (SSSR count). The molecule has 0 fully saturated rings. The number of aromatic hydroxyl groups is 1. The fourth-order valence-electron chi connectivity index (χ4n) is 3.19. The number of rotatable bonds is 6. The molecular formula is C23H23N5O2. The van der Waals surface area contributed by atoms with E-state index < -0.39 is 0 Å². The molecule has 4 aromatic rings. The lowest BCUT2D eigenvalue weighted by atomic mass is 10.1. The number of anilines is 1. The highest BCUT2D eigenvalue weighted by Gasteiger charge is 2.20. The number of aromatic nitrogens is 3. The maximum absolute atomic E-state index is 13.2. The number of phenols is 1. The molecule has 0 aliphatic carbocycles. The highest BCUT2D eigenvalue weighted by atomic mass is 16.3. The van der Waals surface area contributed by atoms with Gasteiger partial charge in [0.25, 0.3) is 5.91 Å². The Kier molecular flexibility index (Phi) is 5.45. The second-order valence-corrected chi connectivity index (χ2v) is 7.28. The van der Waals surface area contributed by atoms with Gasteiger partial charge in [-0.25, -0.2) is 0 Å². The van der Waals surface area contributed by atoms with Crippen LogP contribution >= 0.6 is 0 Å². The van der Waals surface area contributed by atoms with E-state index in [0.29, 0.717) is 30.0 Å². The number of fused-ring (bicyclic) bond motifs is 1. The molecule has 3 aromatic carbocycles. The minimum Gasteiger partial charge on any atom is -0.506 e. The molecule has 1 aromatic heterocycles. The molecule has 1 amide bonds. The summed E-state index contributed by atoms with van der Waals surface area (Å²) < 4.78 is 0. The number of benzene rings is 3. The summed E-state index contributed by atoms with van der Waals surface area (Å²) in [6.45, 7) is 1.19. The Morgan fingerprint density at radius 3 is 2.17 bits per heavy atom. The minimum absolute atomic E-state index is 0.0405. The van der Waals surface area contributed by atoms with E-state index in [1.807, 2.05) is 61.5 Å². The zero-order valence-electron chi connectivity index (χ0n) is 16.9. The van der Waals surface area contributed by atoms with E-state index in [4.69, 9.17) is 0 Å². The third-order valence-corrected chi connectivity index (χ3v) is 4.81. The summed E-state index contributed by atoms with van der Waals surface area (Å²) in [6, 6.07) is 21.7. The van der Waals surface area contributed by atoms with E-state index in [-0.39, 0.29) is 11.7 Å². The average molecular weight is 401 g/mol. The molecule has 1 N–H and O–H groups in total. The van der Waals surface area contributed by atoms with Crippen LogP contribution in [0.2, 0.25) is 0 Å². The number of nitrogens with zero attached hydrogens (tertiary/aromatic N) is 5. The SMILES string of the molecule is CN(C)CCN(C(=O)c1ccccc1)c1ccc(O)c(-n2nc3ccccc3n2)c1. The Morgan fingerprint density at radius 1 is 0.900 bits per heavy atom. The molecule has 152 valence electrons. The third kappa shape index (κ3) is 4.01. The third-order valence-electron chi connectivity index (χ3n) is 4.81. The van der Waals surface area contributed by atoms with Crippen molar-refractivity contribution in [3.05, 3.63) is 78.4 Å². The minimum atomic E-state index is -0.104. The second-order valence-electron chi connectivity index (χ2n) is 7.28. The standard InChI is InChI=1S/C23H23N5O2/c1-26(2)14-15-27(23(30)17-8-4-3-5-9-17)18-12-13-22(29)21(16-18)28-24-19-10-6-7-11-20(19)25-28/h3-13,16,29H,14-15H2,1-2H3. The maximum Gasteiger partial charge on any atom is 0.258 e. The van der Waals surface area contributed by atoms with Crippen LogP contribution in [0.4, 0.5) is 5.69 Å². The molecule has 0 aliphatic rings. The van der Waals surface area contributed by atoms with Gasteiger partial charge in [-0.05, 0) is 56.6 Å². The number of likely N-dealkylation sites (N-methyl/N-ethyl adjacent to an activating group) is 1. The molecule has 0 saturated carbocycles. The van der Waals surface area contributed by atoms with Crippen LogP contribution < -0.4 is 4.90 Å². The summed E-state index contributed by atoms with van der Waals surface area (Å²) in [5.74, 6) is -0.0635. The van der Waals surface area contributed by atoms with Gasteiger partial charge < -0.3 is 14.9 Å². The molecule has 0 bridgehead atoms. The molecule has 7 nitrogen and oxygen atoms in total. The summed E-state index contributed by atoms with van der Waals surface area (Å²) >= 11 is 0. The maximum atomic E-state index is 13.2. The Bertz CT molecular complexity index is 1140. The highest BCUT2D eigenvalue weighted by molar-refractivity contribution is 6.06. The van der Waals surface area contributed by atoms with Crippen LogP contribution in [0.3, 0.4) is 0 Å². The van der Waals surface area contributed by atoms with Crippen LogP contribution in [-0.2, 0) is 0 Å². The van der Waals surface area contributed by atoms with Gasteiger partial charge in [0.15, 0.2) is 0 Å². The molecule has 0 atom stereocenters. The first kappa shape index (κ1) is 19.6. The topological polar surface area (TPSA) is 74.5 Å². The predicted octanol–water partition coefficient (Wildman–Crippen LogP) is 3.33. The molecule has 0 aliphatic heterocycles. The monoisotopic (exact) mass is 401 g/mol. The number of carbonyl (C=O) groups excluding carboxylic acids is 1. The highest BCUT2D eigenvalue weighted by Crippen LogP contribution is 2.28. The smallest absolute Gasteiger partial charge is 0.258 e. The molecule has 0 radical (unpaired) electrons. The first-order chi connectivity index (χ1) is 14.5. The van der Waals surface area contributed by atoms with Crippen molar-refractivity contribution in [1.82, 2.24) is 19.9 Å². The summed E-state index contributed by atoms with van der Waals surface area (Å²) in [5, 5.41) is 19.4. The van der Waals surface area contributed by atoms with Crippen LogP contribution in [0, 0.1) is 0 Å². The van der Waals surface area contributed by atoms with E-state index in [2.05, 4.69) is 10.2 Å². The first-order valence-electron chi connectivity index (χ1n) is 9.70. The summed E-state index contributed by atoms with van der Waals surface area (Å²) in [6.07, 6.45) is 0. The number of amides is 1. The lowest BCUT2D eigenvalue weighted by Gasteiger charge is -2.25. The second kappa shape index (κ2) is 8.34. The van der Waals surface area contributed by atoms with E-state index in [1.165, 1.54) is 4.80 Å². The van der Waals surface area contributed by atoms with Gasteiger partial charge in [-0.2, -0.15) is 0 Å². The van der Waals surface area contributed by atoms with Gasteiger partial charge in [-0.15, -0.1) is 15.0 Å². The first-order valence-corrected chi connectivity index (χ1v) is 9.70. The molecule has 7 heteroatoms. The van der Waals surface area contributed by atoms with Crippen molar-refractivity contribution in [1.29, 1.82) is 0 Å². The van der Waals surface area contributed by atoms with Crippen molar-refractivity contribution >= 4 is 22.6 Å². The van der Waals surface area contributed by atoms with E-state index in [9.17, 15) is 9.90 Å². The Morgan fingerprint density at radius 2 is 1.53 bits per heavy atom. The fraction of sp³-hybridized carbons (Fsp3) is 0.174. The molecule has 0 saturated heterocycles. The number of phenolic OH excluding ortho intramolecular Hbond substituents is 1. The van der Waals surface area contributed by atoms with Gasteiger partial charge in [-0.3, -0.25) is 4.79 Å². The number of carbonyl (C=O) groups is 1. The van der Waals surface area contributed by atoms with Crippen LogP contribution in [0.25, 0.3) is 16.7 Å². The van der Waals surface area contributed by atoms with Crippen LogP contribution in [-0.4, -0.2) is 58.1 Å². The molecule has 30 heavy (non-hydrogen) atoms. The fourth-order valence-corrected chi connectivity index (χ4v) is 3.19. The van der Waals surface area contributed by atoms with E-state index in [1.54, 1.807) is 35.2 Å². The Balaban J connectivity index is 1.75.